The summed E-state index contributed by atoms with van der Waals surface area (Å²) in [5.41, 5.74) is 0.505. The summed E-state index contributed by atoms with van der Waals surface area (Å²) in [5.74, 6) is 0. The Bertz CT molecular complexity index is 216. The summed E-state index contributed by atoms with van der Waals surface area (Å²) < 4.78 is 8.34. The molecular weight excluding hydrogens is 219 g/mol. The second-order valence-electron chi connectivity index (χ2n) is 4.68. The molecule has 0 aliphatic carbocycles. The second-order valence-corrected chi connectivity index (χ2v) is 7.04. The van der Waals surface area contributed by atoms with Crippen LogP contribution in [0.4, 0.5) is 0 Å². The Labute approximate surface area is 102 Å². The monoisotopic (exact) mass is 244 g/mol. The fraction of sp³-hybridized carbons (Fsp3) is 0.917. The Hall–Kier alpha value is -0.160. The van der Waals surface area contributed by atoms with Crippen molar-refractivity contribution in [2.75, 3.05) is 13.2 Å². The molecule has 0 N–H and O–H groups in total. The van der Waals surface area contributed by atoms with E-state index < -0.39 is 8.30 Å². The lowest BCUT2D eigenvalue weighted by atomic mass is 10.3. The van der Waals surface area contributed by atoms with E-state index in [1.807, 2.05) is 0 Å². The Morgan fingerprint density at radius 3 is 1.94 bits per heavy atom. The first-order valence-corrected chi connectivity index (χ1v) is 7.23. The van der Waals surface area contributed by atoms with Crippen LogP contribution >= 0.6 is 8.30 Å². The Kier molecular flexibility index (Phi) is 7.93. The molecule has 0 aromatic heterocycles. The Balaban J connectivity index is 4.53. The van der Waals surface area contributed by atoms with Gasteiger partial charge < -0.3 is 9.37 Å². The minimum Gasteiger partial charge on any atom is -0.336 e. The third-order valence-corrected chi connectivity index (χ3v) is 4.86. The predicted octanol–water partition coefficient (Wildman–Crippen LogP) is 3.76. The molecule has 1 atom stereocenters. The Morgan fingerprint density at radius 1 is 1.12 bits per heavy atom. The van der Waals surface area contributed by atoms with Crippen molar-refractivity contribution in [3.63, 3.8) is 0 Å². The summed E-state index contributed by atoms with van der Waals surface area (Å²) in [7, 11) is -0.584. The van der Waals surface area contributed by atoms with E-state index in [2.05, 4.69) is 51.1 Å². The summed E-state index contributed by atoms with van der Waals surface area (Å²) in [6.45, 7) is 21.0. The van der Waals surface area contributed by atoms with Crippen molar-refractivity contribution in [1.29, 1.82) is 0 Å². The summed E-state index contributed by atoms with van der Waals surface area (Å²) in [6.07, 6.45) is 0. The maximum Gasteiger partial charge on any atom is 0.238 e. The third kappa shape index (κ3) is 5.25. The van der Waals surface area contributed by atoms with Crippen molar-refractivity contribution in [1.82, 2.24) is 4.67 Å². The summed E-state index contributed by atoms with van der Waals surface area (Å²) in [4.78, 5) is 3.33. The zero-order chi connectivity index (χ0) is 12.7. The van der Waals surface area contributed by atoms with E-state index in [0.29, 0.717) is 30.9 Å². The van der Waals surface area contributed by atoms with E-state index in [-0.39, 0.29) is 0 Å². The van der Waals surface area contributed by atoms with E-state index in [9.17, 15) is 0 Å². The molecule has 0 spiro atoms. The molecule has 0 aliphatic rings. The van der Waals surface area contributed by atoms with Gasteiger partial charge in [0.1, 0.15) is 14.9 Å². The smallest absolute Gasteiger partial charge is 0.238 e. The lowest BCUT2D eigenvalue weighted by Crippen LogP contribution is -2.35. The molecule has 0 aliphatic heterocycles. The average Bonchev–Trinajstić information content (AvgIpc) is 2.14. The third-order valence-electron chi connectivity index (χ3n) is 2.15. The topological polar surface area (TPSA) is 16.8 Å². The number of nitrogens with zero attached hydrogens (tertiary/aromatic N) is 2. The van der Waals surface area contributed by atoms with Gasteiger partial charge in [0.25, 0.3) is 0 Å². The molecule has 3 nitrogen and oxygen atoms in total. The van der Waals surface area contributed by atoms with Crippen molar-refractivity contribution in [2.24, 2.45) is 0 Å². The van der Waals surface area contributed by atoms with Gasteiger partial charge in [-0.2, -0.15) is 0 Å². The number of hydrogen-bond donors (Lipinski definition) is 0. The van der Waals surface area contributed by atoms with Gasteiger partial charge in [0.05, 0.1) is 0 Å². The molecule has 0 aromatic rings. The van der Waals surface area contributed by atoms with Gasteiger partial charge in [0.15, 0.2) is 0 Å². The van der Waals surface area contributed by atoms with Gasteiger partial charge >= 0.3 is 0 Å². The highest BCUT2D eigenvalue weighted by molar-refractivity contribution is 7.50. The van der Waals surface area contributed by atoms with Gasteiger partial charge in [-0.3, -0.25) is 4.67 Å². The first-order valence-electron chi connectivity index (χ1n) is 5.95. The molecular formula is C12H25N2OP. The average molecular weight is 244 g/mol. The van der Waals surface area contributed by atoms with E-state index in [1.165, 1.54) is 0 Å². The highest BCUT2D eigenvalue weighted by Crippen LogP contribution is 2.48. The van der Waals surface area contributed by atoms with Gasteiger partial charge in [0, 0.05) is 17.7 Å². The SMILES string of the molecule is [C-]#[N+]CCOP(C(C)C)N(C(C)C)C(C)C. The van der Waals surface area contributed by atoms with Gasteiger partial charge in [-0.1, -0.05) is 13.8 Å². The lowest BCUT2D eigenvalue weighted by Gasteiger charge is -2.38. The van der Waals surface area contributed by atoms with Crippen LogP contribution in [0, 0.1) is 6.57 Å². The lowest BCUT2D eigenvalue weighted by molar-refractivity contribution is 0.256. The van der Waals surface area contributed by atoms with Gasteiger partial charge in [-0.05, 0) is 27.7 Å². The van der Waals surface area contributed by atoms with Crippen molar-refractivity contribution in [3.05, 3.63) is 11.4 Å². The highest BCUT2D eigenvalue weighted by atomic mass is 31.2. The predicted molar refractivity (Wildman–Crippen MR) is 71.6 cm³/mol. The van der Waals surface area contributed by atoms with E-state index in [4.69, 9.17) is 11.1 Å². The molecule has 0 fully saturated rings. The van der Waals surface area contributed by atoms with Crippen molar-refractivity contribution >= 4 is 8.30 Å². The van der Waals surface area contributed by atoms with Gasteiger partial charge in [-0.15, -0.1) is 0 Å². The van der Waals surface area contributed by atoms with Gasteiger partial charge in [-0.25, -0.2) is 6.57 Å². The number of hydrogen-bond acceptors (Lipinski definition) is 2. The largest absolute Gasteiger partial charge is 0.336 e. The van der Waals surface area contributed by atoms with Crippen LogP contribution in [0.15, 0.2) is 0 Å². The minimum absolute atomic E-state index is 0.468. The normalized spacial score (nSPS) is 13.8. The molecule has 94 valence electrons. The number of rotatable bonds is 7. The maximum absolute atomic E-state index is 6.77. The zero-order valence-electron chi connectivity index (χ0n) is 11.4. The van der Waals surface area contributed by atoms with Crippen LogP contribution in [0.3, 0.4) is 0 Å². The molecule has 16 heavy (non-hydrogen) atoms. The van der Waals surface area contributed by atoms with Crippen molar-refractivity contribution < 1.29 is 4.52 Å². The second kappa shape index (κ2) is 8.01. The van der Waals surface area contributed by atoms with Crippen LogP contribution in [0.2, 0.25) is 0 Å². The molecule has 4 heteroatoms. The van der Waals surface area contributed by atoms with Crippen LogP contribution in [-0.4, -0.2) is 35.6 Å². The molecule has 0 aromatic carbocycles. The molecule has 0 amide bonds. The van der Waals surface area contributed by atoms with E-state index >= 15 is 0 Å². The molecule has 0 saturated carbocycles. The Morgan fingerprint density at radius 2 is 1.62 bits per heavy atom. The fourth-order valence-corrected chi connectivity index (χ4v) is 3.86. The molecule has 0 rings (SSSR count). The van der Waals surface area contributed by atoms with Crippen LogP contribution in [0.25, 0.3) is 4.85 Å². The highest BCUT2D eigenvalue weighted by Gasteiger charge is 2.27. The summed E-state index contributed by atoms with van der Waals surface area (Å²) >= 11 is 0. The molecule has 0 heterocycles. The van der Waals surface area contributed by atoms with Crippen molar-refractivity contribution in [3.8, 4) is 0 Å². The van der Waals surface area contributed by atoms with Crippen LogP contribution < -0.4 is 0 Å². The van der Waals surface area contributed by atoms with Gasteiger partial charge in [0.2, 0.25) is 6.54 Å². The van der Waals surface area contributed by atoms with E-state index in [1.54, 1.807) is 0 Å². The molecule has 1 unspecified atom stereocenters. The molecule has 0 radical (unpaired) electrons. The fourth-order valence-electron chi connectivity index (χ4n) is 1.71. The summed E-state index contributed by atoms with van der Waals surface area (Å²) in [5, 5.41) is 0. The first-order chi connectivity index (χ1) is 7.41. The summed E-state index contributed by atoms with van der Waals surface area (Å²) in [6, 6.07) is 0.975. The standard InChI is InChI=1S/C12H25N2OP/c1-10(2)14(11(3)4)16(12(5)6)15-9-8-13-7/h10-12H,8-9H2,1-6H3. The van der Waals surface area contributed by atoms with Crippen LogP contribution in [0.5, 0.6) is 0 Å². The minimum atomic E-state index is -0.584. The maximum atomic E-state index is 6.77. The van der Waals surface area contributed by atoms with E-state index in [0.717, 1.165) is 0 Å². The molecule has 0 bridgehead atoms. The molecule has 0 saturated heterocycles. The van der Waals surface area contributed by atoms with Crippen LogP contribution in [-0.2, 0) is 4.52 Å². The first kappa shape index (κ1) is 15.8. The zero-order valence-corrected chi connectivity index (χ0v) is 12.3. The quantitative estimate of drug-likeness (QED) is 0.385. The van der Waals surface area contributed by atoms with Crippen LogP contribution in [0.1, 0.15) is 41.5 Å². The van der Waals surface area contributed by atoms with Crippen molar-refractivity contribution in [2.45, 2.75) is 59.3 Å².